The van der Waals surface area contributed by atoms with Crippen molar-refractivity contribution in [2.45, 2.75) is 19.6 Å². The van der Waals surface area contributed by atoms with Gasteiger partial charge in [0.1, 0.15) is 5.82 Å². The summed E-state index contributed by atoms with van der Waals surface area (Å²) >= 11 is 0. The topological polar surface area (TPSA) is 85.0 Å². The zero-order chi connectivity index (χ0) is 24.7. The Bertz CT molecular complexity index is 1380. The van der Waals surface area contributed by atoms with Crippen LogP contribution in [0.15, 0.2) is 67.0 Å². The van der Waals surface area contributed by atoms with Crippen molar-refractivity contribution in [3.63, 3.8) is 0 Å². The van der Waals surface area contributed by atoms with Crippen molar-refractivity contribution in [2.75, 3.05) is 16.4 Å². The highest BCUT2D eigenvalue weighted by Crippen LogP contribution is 2.35. The predicted octanol–water partition coefficient (Wildman–Crippen LogP) is 5.64. The number of amides is 2. The molecule has 4 rings (SSSR count). The molecular formula is C23H20F3N5O. The lowest BCUT2D eigenvalue weighted by atomic mass is 10.1. The van der Waals surface area contributed by atoms with Crippen molar-refractivity contribution in [3.05, 3.63) is 83.7 Å². The third-order valence-corrected chi connectivity index (χ3v) is 4.74. The lowest BCUT2D eigenvalue weighted by molar-refractivity contribution is -0.136. The summed E-state index contributed by atoms with van der Waals surface area (Å²) in [5, 5.41) is 5.33. The maximum Gasteiger partial charge on any atom is 0.418 e. The van der Waals surface area contributed by atoms with E-state index >= 15 is 0 Å². The second-order valence-corrected chi connectivity index (χ2v) is 7.13. The summed E-state index contributed by atoms with van der Waals surface area (Å²) in [4.78, 5) is 16.5. The van der Waals surface area contributed by atoms with Gasteiger partial charge in [0.2, 0.25) is 0 Å². The molecule has 0 aliphatic rings. The number of aryl methyl sites for hydroxylation is 1. The number of hydrogen-bond donors (Lipinski definition) is 3. The Kier molecular flexibility index (Phi) is 4.83. The Morgan fingerprint density at radius 2 is 1.91 bits per heavy atom. The summed E-state index contributed by atoms with van der Waals surface area (Å²) < 4.78 is 58.6. The molecule has 0 bridgehead atoms. The number of nitrogens with one attached hydrogen (secondary N) is 2. The standard InChI is InChI=1S/C23H20F3N5O/c1-14-5-6-17(23(24,25)26)19(11-14)30-22(32)29-18-3-2-4-20-16(18)8-10-31(20)13-15-7-9-28-21(27)12-15/h2-12H,13H2,1H3,(H2,27,28)(H2,29,30,32)/i13D2. The molecule has 0 saturated carbocycles. The Hall–Kier alpha value is -4.01. The van der Waals surface area contributed by atoms with E-state index in [1.165, 1.54) is 41.2 Å². The Morgan fingerprint density at radius 1 is 1.12 bits per heavy atom. The number of nitrogens with two attached hydrogens (primary N) is 1. The maximum atomic E-state index is 13.3. The van der Waals surface area contributed by atoms with E-state index in [4.69, 9.17) is 8.48 Å². The van der Waals surface area contributed by atoms with Gasteiger partial charge in [-0.15, -0.1) is 0 Å². The first kappa shape index (κ1) is 18.7. The van der Waals surface area contributed by atoms with Crippen molar-refractivity contribution >= 4 is 34.1 Å². The van der Waals surface area contributed by atoms with Crippen molar-refractivity contribution in [1.82, 2.24) is 9.55 Å². The van der Waals surface area contributed by atoms with Crippen LogP contribution in [-0.2, 0) is 12.7 Å². The minimum Gasteiger partial charge on any atom is -0.384 e. The van der Waals surface area contributed by atoms with Crippen LogP contribution in [-0.4, -0.2) is 15.6 Å². The Labute approximate surface area is 184 Å². The molecule has 2 aromatic heterocycles. The van der Waals surface area contributed by atoms with Gasteiger partial charge in [0, 0.05) is 24.3 Å². The zero-order valence-corrected chi connectivity index (χ0v) is 16.9. The molecule has 2 amide bonds. The number of fused-ring (bicyclic) bond motifs is 1. The number of urea groups is 1. The quantitative estimate of drug-likeness (QED) is 0.383. The van der Waals surface area contributed by atoms with Gasteiger partial charge in [0.25, 0.3) is 0 Å². The highest BCUT2D eigenvalue weighted by atomic mass is 19.4. The van der Waals surface area contributed by atoms with Gasteiger partial charge in [-0.25, -0.2) is 9.78 Å². The van der Waals surface area contributed by atoms with Crippen LogP contribution < -0.4 is 16.4 Å². The first-order valence-corrected chi connectivity index (χ1v) is 9.55. The number of alkyl halides is 3. The number of rotatable bonds is 4. The number of carbonyl (C=O) groups is 1. The summed E-state index contributed by atoms with van der Waals surface area (Å²) in [5.74, 6) is 0.172. The molecule has 2 aromatic carbocycles. The number of anilines is 3. The molecule has 9 heteroatoms. The average Bonchev–Trinajstić information content (AvgIpc) is 3.19. The summed E-state index contributed by atoms with van der Waals surface area (Å²) in [5.41, 5.74) is 5.99. The molecule has 0 spiro atoms. The number of nitrogen functional groups attached to an aromatic ring is 1. The molecule has 0 saturated heterocycles. The van der Waals surface area contributed by atoms with E-state index < -0.39 is 24.3 Å². The molecular weight excluding hydrogens is 419 g/mol. The van der Waals surface area contributed by atoms with Crippen LogP contribution in [0, 0.1) is 6.92 Å². The van der Waals surface area contributed by atoms with Gasteiger partial charge in [0.05, 0.1) is 25.2 Å². The number of pyridine rings is 1. The molecule has 0 radical (unpaired) electrons. The highest BCUT2D eigenvalue weighted by molar-refractivity contribution is 6.06. The molecule has 0 aliphatic carbocycles. The summed E-state index contributed by atoms with van der Waals surface area (Å²) in [6.07, 6.45) is -1.70. The molecule has 4 N–H and O–H groups in total. The molecule has 0 atom stereocenters. The van der Waals surface area contributed by atoms with Gasteiger partial charge in [-0.2, -0.15) is 13.2 Å². The lowest BCUT2D eigenvalue weighted by Crippen LogP contribution is -2.22. The van der Waals surface area contributed by atoms with Crippen molar-refractivity contribution in [3.8, 4) is 0 Å². The lowest BCUT2D eigenvalue weighted by Gasteiger charge is -2.15. The maximum absolute atomic E-state index is 13.3. The van der Waals surface area contributed by atoms with Gasteiger partial charge >= 0.3 is 12.2 Å². The smallest absolute Gasteiger partial charge is 0.384 e. The zero-order valence-electron chi connectivity index (χ0n) is 18.9. The van der Waals surface area contributed by atoms with E-state index in [2.05, 4.69) is 15.6 Å². The van der Waals surface area contributed by atoms with E-state index in [0.29, 0.717) is 22.2 Å². The van der Waals surface area contributed by atoms with Crippen LogP contribution in [0.5, 0.6) is 0 Å². The first-order valence-electron chi connectivity index (χ1n) is 10.6. The Balaban J connectivity index is 1.65. The molecule has 164 valence electrons. The fraction of sp³-hybridized carbons (Fsp3) is 0.130. The second kappa shape index (κ2) is 8.26. The molecule has 0 aliphatic heterocycles. The van der Waals surface area contributed by atoms with Crippen LogP contribution in [0.2, 0.25) is 0 Å². The molecule has 0 unspecified atom stereocenters. The molecule has 4 aromatic rings. The van der Waals surface area contributed by atoms with Gasteiger partial charge < -0.3 is 20.9 Å². The van der Waals surface area contributed by atoms with Gasteiger partial charge in [0.15, 0.2) is 0 Å². The van der Waals surface area contributed by atoms with Crippen LogP contribution in [0.3, 0.4) is 0 Å². The van der Waals surface area contributed by atoms with Crippen LogP contribution in [0.4, 0.5) is 35.2 Å². The fourth-order valence-electron chi connectivity index (χ4n) is 3.32. The van der Waals surface area contributed by atoms with Crippen LogP contribution in [0.25, 0.3) is 10.9 Å². The normalized spacial score (nSPS) is 12.9. The monoisotopic (exact) mass is 441 g/mol. The number of hydrogen-bond acceptors (Lipinski definition) is 3. The molecule has 32 heavy (non-hydrogen) atoms. The van der Waals surface area contributed by atoms with E-state index in [9.17, 15) is 18.0 Å². The van der Waals surface area contributed by atoms with Gasteiger partial charge in [-0.1, -0.05) is 12.1 Å². The molecule has 6 nitrogen and oxygen atoms in total. The number of aromatic nitrogens is 2. The minimum absolute atomic E-state index is 0.172. The molecule has 2 heterocycles. The van der Waals surface area contributed by atoms with Crippen molar-refractivity contribution < 1.29 is 20.7 Å². The summed E-state index contributed by atoms with van der Waals surface area (Å²) in [6.45, 7) is -0.361. The van der Waals surface area contributed by atoms with Crippen LogP contribution in [0.1, 0.15) is 19.4 Å². The minimum atomic E-state index is -4.63. The predicted molar refractivity (Wildman–Crippen MR) is 119 cm³/mol. The third kappa shape index (κ3) is 4.51. The number of carbonyl (C=O) groups excluding carboxylic acids is 1. The van der Waals surface area contributed by atoms with E-state index in [0.717, 1.165) is 6.07 Å². The van der Waals surface area contributed by atoms with Crippen molar-refractivity contribution in [2.24, 2.45) is 0 Å². The second-order valence-electron chi connectivity index (χ2n) is 7.13. The fourth-order valence-corrected chi connectivity index (χ4v) is 3.32. The number of halogens is 3. The summed E-state index contributed by atoms with van der Waals surface area (Å²) in [6, 6.07) is 12.0. The average molecular weight is 441 g/mol. The SMILES string of the molecule is [2H]C([2H])(c1ccnc(N)c1)n1ccc2c(NC(=O)Nc3cc(C)ccc3C(F)(F)F)cccc21. The largest absolute Gasteiger partial charge is 0.418 e. The third-order valence-electron chi connectivity index (χ3n) is 4.74. The van der Waals surface area contributed by atoms with E-state index in [1.807, 2.05) is 0 Å². The molecule has 0 fully saturated rings. The van der Waals surface area contributed by atoms with Crippen molar-refractivity contribution in [1.29, 1.82) is 0 Å². The van der Waals surface area contributed by atoms with E-state index in [1.54, 1.807) is 31.2 Å². The summed E-state index contributed by atoms with van der Waals surface area (Å²) in [7, 11) is 0. The van der Waals surface area contributed by atoms with Gasteiger partial charge in [-0.05, 0) is 60.5 Å². The number of nitrogens with zero attached hydrogens (tertiary/aromatic N) is 2. The first-order chi connectivity index (χ1) is 16.0. The number of benzene rings is 2. The van der Waals surface area contributed by atoms with Crippen LogP contribution >= 0.6 is 0 Å². The van der Waals surface area contributed by atoms with Gasteiger partial charge in [-0.3, -0.25) is 0 Å². The van der Waals surface area contributed by atoms with E-state index in [-0.39, 0.29) is 17.1 Å². The highest BCUT2D eigenvalue weighted by Gasteiger charge is 2.33. The Morgan fingerprint density at radius 3 is 2.66 bits per heavy atom.